The number of ether oxygens (including phenoxy) is 1. The lowest BCUT2D eigenvalue weighted by Crippen LogP contribution is -2.47. The normalized spacial score (nSPS) is 18.7. The molecule has 0 bridgehead atoms. The Morgan fingerprint density at radius 1 is 1.11 bits per heavy atom. The van der Waals surface area contributed by atoms with E-state index >= 15 is 0 Å². The van der Waals surface area contributed by atoms with Gasteiger partial charge in [0.15, 0.2) is 0 Å². The highest BCUT2D eigenvalue weighted by molar-refractivity contribution is 6.06. The van der Waals surface area contributed by atoms with E-state index in [-0.39, 0.29) is 41.1 Å². The van der Waals surface area contributed by atoms with Gasteiger partial charge in [0.25, 0.3) is 17.4 Å². The first-order chi connectivity index (χ1) is 22.5. The number of morpholine rings is 1. The zero-order valence-electron chi connectivity index (χ0n) is 27.0. The van der Waals surface area contributed by atoms with Crippen molar-refractivity contribution < 1.29 is 19.4 Å². The molecule has 244 valence electrons. The molecule has 2 aliphatic heterocycles. The van der Waals surface area contributed by atoms with Gasteiger partial charge in [-0.3, -0.25) is 19.3 Å². The Balaban J connectivity index is 1.16. The van der Waals surface area contributed by atoms with Crippen molar-refractivity contribution in [1.29, 1.82) is 0 Å². The highest BCUT2D eigenvalue weighted by atomic mass is 16.5. The van der Waals surface area contributed by atoms with Crippen molar-refractivity contribution >= 4 is 29.1 Å². The van der Waals surface area contributed by atoms with E-state index in [0.29, 0.717) is 72.6 Å². The zero-order chi connectivity index (χ0) is 33.0. The van der Waals surface area contributed by atoms with E-state index < -0.39 is 0 Å². The summed E-state index contributed by atoms with van der Waals surface area (Å²) in [7, 11) is 1.54. The second kappa shape index (κ2) is 11.7. The minimum absolute atomic E-state index is 0.0299. The quantitative estimate of drug-likeness (QED) is 0.325. The van der Waals surface area contributed by atoms with Crippen LogP contribution < -0.4 is 15.8 Å². The summed E-state index contributed by atoms with van der Waals surface area (Å²) in [6.45, 7) is 8.61. The van der Waals surface area contributed by atoms with Gasteiger partial charge in [0.1, 0.15) is 23.0 Å². The van der Waals surface area contributed by atoms with Gasteiger partial charge in [-0.25, -0.2) is 14.6 Å². The Morgan fingerprint density at radius 3 is 2.68 bits per heavy atom. The van der Waals surface area contributed by atoms with E-state index in [1.807, 2.05) is 13.0 Å². The number of carbonyl (C=O) groups excluding carboxylic acids is 2. The minimum Gasteiger partial charge on any atom is -0.392 e. The summed E-state index contributed by atoms with van der Waals surface area (Å²) < 4.78 is 8.78. The molecule has 4 aromatic heterocycles. The van der Waals surface area contributed by atoms with E-state index in [2.05, 4.69) is 38.8 Å². The van der Waals surface area contributed by atoms with E-state index in [9.17, 15) is 19.5 Å². The summed E-state index contributed by atoms with van der Waals surface area (Å²) in [5.41, 5.74) is 4.93. The lowest BCUT2D eigenvalue weighted by Gasteiger charge is -2.33. The largest absolute Gasteiger partial charge is 0.392 e. The number of hydrogen-bond donors (Lipinski definition) is 2. The van der Waals surface area contributed by atoms with Crippen LogP contribution in [0.2, 0.25) is 0 Å². The summed E-state index contributed by atoms with van der Waals surface area (Å²) in [6, 6.07) is 8.60. The van der Waals surface area contributed by atoms with Gasteiger partial charge in [0, 0.05) is 55.9 Å². The van der Waals surface area contributed by atoms with Crippen molar-refractivity contribution in [1.82, 2.24) is 29.2 Å². The molecule has 2 N–H and O–H groups in total. The molecule has 0 aromatic carbocycles. The molecule has 0 radical (unpaired) electrons. The van der Waals surface area contributed by atoms with Crippen LogP contribution in [0.3, 0.4) is 0 Å². The maximum absolute atomic E-state index is 13.8. The number of fused-ring (bicyclic) bond motifs is 3. The molecule has 1 saturated heterocycles. The van der Waals surface area contributed by atoms with Crippen LogP contribution in [-0.2, 0) is 37.8 Å². The molecule has 1 aliphatic carbocycles. The van der Waals surface area contributed by atoms with Crippen LogP contribution in [0.25, 0.3) is 11.3 Å². The number of aliphatic hydroxyl groups is 1. The van der Waals surface area contributed by atoms with Gasteiger partial charge in [-0.05, 0) is 61.1 Å². The molecule has 0 unspecified atom stereocenters. The summed E-state index contributed by atoms with van der Waals surface area (Å²) in [5.74, 6) is 0.459. The number of anilines is 3. The number of aliphatic hydroxyl groups excluding tert-OH is 1. The monoisotopic (exact) mass is 638 g/mol. The average Bonchev–Trinajstić information content (AvgIpc) is 3.55. The molecular formula is C34H38N8O5. The van der Waals surface area contributed by atoms with Crippen molar-refractivity contribution in [2.75, 3.05) is 36.5 Å². The molecular weight excluding hydrogens is 600 g/mol. The van der Waals surface area contributed by atoms with E-state index in [1.54, 1.807) is 47.3 Å². The molecule has 2 amide bonds. The first-order valence-electron chi connectivity index (χ1n) is 15.9. The first-order valence-corrected chi connectivity index (χ1v) is 15.9. The number of carbonyl (C=O) groups is 2. The van der Waals surface area contributed by atoms with Crippen LogP contribution in [0.4, 0.5) is 17.3 Å². The van der Waals surface area contributed by atoms with Crippen LogP contribution in [0.5, 0.6) is 0 Å². The summed E-state index contributed by atoms with van der Waals surface area (Å²) >= 11 is 0. The molecule has 6 heterocycles. The van der Waals surface area contributed by atoms with Gasteiger partial charge >= 0.3 is 0 Å². The maximum Gasteiger partial charge on any atom is 0.290 e. The van der Waals surface area contributed by atoms with Crippen LogP contribution >= 0.6 is 0 Å². The van der Waals surface area contributed by atoms with Crippen LogP contribution in [-0.4, -0.2) is 78.5 Å². The van der Waals surface area contributed by atoms with Gasteiger partial charge in [-0.1, -0.05) is 13.8 Å². The summed E-state index contributed by atoms with van der Waals surface area (Å²) in [5, 5.41) is 18.1. The third-order valence-electron chi connectivity index (χ3n) is 9.31. The standard InChI is InChI=1S/C34H38N8O5/c1-20-19-47-12-11-40(20)31(44)21-5-6-29(36-17-21)37-26-14-25(38-39(4)32(26)45)23-7-8-35-30(24(23)18-43)42-10-9-41-27(33(42)46)13-22-15-34(2,3)16-28(22)41/h5-8,13-14,17,20,43H,9-12,15-16,18-19H2,1-4H3,(H,36,37)/t20-/m1/s1. The van der Waals surface area contributed by atoms with Crippen molar-refractivity contribution in [3.05, 3.63) is 81.2 Å². The number of nitrogens with zero attached hydrogens (tertiary/aromatic N) is 7. The van der Waals surface area contributed by atoms with Gasteiger partial charge in [-0.2, -0.15) is 5.10 Å². The van der Waals surface area contributed by atoms with Crippen molar-refractivity contribution in [2.45, 2.75) is 52.8 Å². The maximum atomic E-state index is 13.8. The van der Waals surface area contributed by atoms with Crippen molar-refractivity contribution in [3.63, 3.8) is 0 Å². The van der Waals surface area contributed by atoms with Gasteiger partial charge in [-0.15, -0.1) is 0 Å². The van der Waals surface area contributed by atoms with Crippen LogP contribution in [0.15, 0.2) is 47.5 Å². The topological polar surface area (TPSA) is 148 Å². The Labute approximate surface area is 271 Å². The lowest BCUT2D eigenvalue weighted by atomic mass is 9.90. The third kappa shape index (κ3) is 5.48. The Kier molecular flexibility index (Phi) is 7.68. The summed E-state index contributed by atoms with van der Waals surface area (Å²) in [4.78, 5) is 52.3. The van der Waals surface area contributed by atoms with Gasteiger partial charge in [0.2, 0.25) is 0 Å². The number of nitrogens with one attached hydrogen (secondary N) is 1. The van der Waals surface area contributed by atoms with Crippen molar-refractivity contribution in [2.24, 2.45) is 12.5 Å². The predicted molar refractivity (Wildman–Crippen MR) is 175 cm³/mol. The summed E-state index contributed by atoms with van der Waals surface area (Å²) in [6.07, 6.45) is 4.94. The fraction of sp³-hybridized carbons (Fsp3) is 0.412. The van der Waals surface area contributed by atoms with Gasteiger partial charge in [0.05, 0.1) is 37.1 Å². The predicted octanol–water partition coefficient (Wildman–Crippen LogP) is 2.92. The number of aromatic nitrogens is 5. The smallest absolute Gasteiger partial charge is 0.290 e. The Hall–Kier alpha value is -4.88. The number of hydrogen-bond acceptors (Lipinski definition) is 9. The Bertz CT molecular complexity index is 1950. The zero-order valence-corrected chi connectivity index (χ0v) is 27.0. The Morgan fingerprint density at radius 2 is 1.94 bits per heavy atom. The number of amides is 2. The fourth-order valence-electron chi connectivity index (χ4n) is 6.98. The van der Waals surface area contributed by atoms with E-state index in [0.717, 1.165) is 12.8 Å². The first kappa shape index (κ1) is 30.8. The molecule has 3 aliphatic rings. The highest BCUT2D eigenvalue weighted by Gasteiger charge is 2.37. The molecule has 13 heteroatoms. The van der Waals surface area contributed by atoms with Crippen molar-refractivity contribution in [3.8, 4) is 11.3 Å². The molecule has 1 fully saturated rings. The second-order valence-corrected chi connectivity index (χ2v) is 13.3. The number of rotatable bonds is 6. The molecule has 1 atom stereocenters. The second-order valence-electron chi connectivity index (χ2n) is 13.3. The molecule has 7 rings (SSSR count). The molecule has 13 nitrogen and oxygen atoms in total. The van der Waals surface area contributed by atoms with Crippen LogP contribution in [0, 0.1) is 5.41 Å². The average molecular weight is 639 g/mol. The molecule has 4 aromatic rings. The number of aryl methyl sites for hydroxylation is 1. The van der Waals surface area contributed by atoms with E-state index in [4.69, 9.17) is 4.74 Å². The lowest BCUT2D eigenvalue weighted by molar-refractivity contribution is 0.00357. The van der Waals surface area contributed by atoms with Crippen LogP contribution in [0.1, 0.15) is 58.4 Å². The van der Waals surface area contributed by atoms with E-state index in [1.165, 1.54) is 22.1 Å². The van der Waals surface area contributed by atoms with Gasteiger partial charge < -0.3 is 24.6 Å². The number of pyridine rings is 2. The third-order valence-corrected chi connectivity index (χ3v) is 9.31. The SMILES string of the molecule is C[C@@H]1COCCN1C(=O)c1ccc(Nc2cc(-c3ccnc(N4CCn5c(cc6c5CC(C)(C)C6)C4=O)c3CO)nn(C)c2=O)nc1. The molecule has 47 heavy (non-hydrogen) atoms. The highest BCUT2D eigenvalue weighted by Crippen LogP contribution is 2.40. The molecule has 0 saturated carbocycles. The molecule has 0 spiro atoms. The fourth-order valence-corrected chi connectivity index (χ4v) is 6.98. The minimum atomic E-state index is -0.389.